The number of carboxylic acids is 1. The number of carbonyl (C=O) groups excluding carboxylic acids is 1. The number of carboxylic acid groups (broad SMARTS) is 1. The van der Waals surface area contributed by atoms with E-state index in [4.69, 9.17) is 9.84 Å². The van der Waals surface area contributed by atoms with Gasteiger partial charge in [-0.05, 0) is 13.8 Å². The Kier molecular flexibility index (Phi) is 3.14. The third kappa shape index (κ3) is 1.86. The van der Waals surface area contributed by atoms with Crippen molar-refractivity contribution in [1.82, 2.24) is 4.57 Å². The Morgan fingerprint density at radius 3 is 2.47 bits per heavy atom. The van der Waals surface area contributed by atoms with E-state index in [0.29, 0.717) is 6.54 Å². The Morgan fingerprint density at radius 2 is 2.13 bits per heavy atom. The Balaban J connectivity index is 3.46. The molecule has 1 N–H and O–H groups in total. The van der Waals surface area contributed by atoms with Crippen LogP contribution >= 0.6 is 0 Å². The van der Waals surface area contributed by atoms with Gasteiger partial charge in [0.05, 0.1) is 12.7 Å². The van der Waals surface area contributed by atoms with Crippen LogP contribution in [0.3, 0.4) is 0 Å². The number of ether oxygens (including phenoxy) is 1. The van der Waals surface area contributed by atoms with Crippen LogP contribution in [0.2, 0.25) is 0 Å². The number of hydrogen-bond donors (Lipinski definition) is 1. The molecule has 5 nitrogen and oxygen atoms in total. The van der Waals surface area contributed by atoms with Gasteiger partial charge in [0.15, 0.2) is 5.78 Å². The predicted molar refractivity (Wildman–Crippen MR) is 53.6 cm³/mol. The van der Waals surface area contributed by atoms with Gasteiger partial charge in [-0.2, -0.15) is 0 Å². The number of ketones is 1. The Bertz CT molecular complexity index is 406. The quantitative estimate of drug-likeness (QED) is 0.764. The van der Waals surface area contributed by atoms with Gasteiger partial charge in [-0.15, -0.1) is 0 Å². The van der Waals surface area contributed by atoms with Crippen molar-refractivity contribution in [2.75, 3.05) is 7.11 Å². The van der Waals surface area contributed by atoms with E-state index in [0.717, 1.165) is 0 Å². The minimum atomic E-state index is -1.15. The maximum absolute atomic E-state index is 11.2. The number of nitrogens with zero attached hydrogens (tertiary/aromatic N) is 1. The lowest BCUT2D eigenvalue weighted by Crippen LogP contribution is -2.05. The summed E-state index contributed by atoms with van der Waals surface area (Å²) in [7, 11) is 1.39. The molecule has 0 aliphatic rings. The second-order valence-corrected chi connectivity index (χ2v) is 3.07. The normalized spacial score (nSPS) is 10.1. The number of aryl methyl sites for hydroxylation is 1. The molecule has 0 saturated heterocycles. The van der Waals surface area contributed by atoms with Crippen molar-refractivity contribution in [3.63, 3.8) is 0 Å². The zero-order chi connectivity index (χ0) is 11.6. The average Bonchev–Trinajstić information content (AvgIpc) is 2.55. The van der Waals surface area contributed by atoms with Gasteiger partial charge in [0.25, 0.3) is 0 Å². The molecule has 82 valence electrons. The van der Waals surface area contributed by atoms with Crippen molar-refractivity contribution in [2.24, 2.45) is 0 Å². The first kappa shape index (κ1) is 11.3. The van der Waals surface area contributed by atoms with Crippen molar-refractivity contribution < 1.29 is 19.4 Å². The van der Waals surface area contributed by atoms with Gasteiger partial charge >= 0.3 is 5.97 Å². The van der Waals surface area contributed by atoms with E-state index >= 15 is 0 Å². The highest BCUT2D eigenvalue weighted by atomic mass is 16.5. The van der Waals surface area contributed by atoms with E-state index in [-0.39, 0.29) is 22.8 Å². The van der Waals surface area contributed by atoms with Gasteiger partial charge in [-0.3, -0.25) is 4.79 Å². The molecule has 0 aliphatic heterocycles. The lowest BCUT2D eigenvalue weighted by Gasteiger charge is -2.04. The molecule has 1 heterocycles. The molecule has 1 aromatic heterocycles. The molecule has 1 aromatic rings. The van der Waals surface area contributed by atoms with Crippen molar-refractivity contribution in [1.29, 1.82) is 0 Å². The summed E-state index contributed by atoms with van der Waals surface area (Å²) < 4.78 is 6.59. The third-order valence-corrected chi connectivity index (χ3v) is 2.16. The SMILES string of the molecule is CCn1cc(C(C)=O)c(C(=O)O)c1OC. The van der Waals surface area contributed by atoms with E-state index in [9.17, 15) is 9.59 Å². The fraction of sp³-hybridized carbons (Fsp3) is 0.400. The Labute approximate surface area is 87.3 Å². The smallest absolute Gasteiger partial charge is 0.341 e. The molecule has 0 amide bonds. The van der Waals surface area contributed by atoms with E-state index in [1.165, 1.54) is 20.2 Å². The highest BCUT2D eigenvalue weighted by Crippen LogP contribution is 2.25. The summed E-state index contributed by atoms with van der Waals surface area (Å²) in [6, 6.07) is 0. The summed E-state index contributed by atoms with van der Waals surface area (Å²) >= 11 is 0. The highest BCUT2D eigenvalue weighted by molar-refractivity contribution is 6.06. The van der Waals surface area contributed by atoms with E-state index in [1.807, 2.05) is 6.92 Å². The molecule has 0 radical (unpaired) electrons. The molecule has 0 fully saturated rings. The van der Waals surface area contributed by atoms with Crippen molar-refractivity contribution >= 4 is 11.8 Å². The summed E-state index contributed by atoms with van der Waals surface area (Å²) in [6.45, 7) is 3.73. The molecule has 0 atom stereocenters. The van der Waals surface area contributed by atoms with Crippen LogP contribution in [0.15, 0.2) is 6.20 Å². The van der Waals surface area contributed by atoms with E-state index in [2.05, 4.69) is 0 Å². The largest absolute Gasteiger partial charge is 0.482 e. The van der Waals surface area contributed by atoms with Crippen LogP contribution in [0.4, 0.5) is 0 Å². The number of aromatic carboxylic acids is 1. The average molecular weight is 211 g/mol. The molecule has 0 aromatic carbocycles. The van der Waals surface area contributed by atoms with Crippen LogP contribution in [0.1, 0.15) is 34.6 Å². The molecule has 5 heteroatoms. The molecule has 0 unspecified atom stereocenters. The van der Waals surface area contributed by atoms with Gasteiger partial charge in [0.1, 0.15) is 5.56 Å². The maximum atomic E-state index is 11.2. The van der Waals surface area contributed by atoms with Crippen molar-refractivity contribution in [2.45, 2.75) is 20.4 Å². The summed E-state index contributed by atoms with van der Waals surface area (Å²) in [5.41, 5.74) is 0.119. The maximum Gasteiger partial charge on any atom is 0.341 e. The van der Waals surface area contributed by atoms with Crippen LogP contribution in [-0.2, 0) is 6.54 Å². The minimum Gasteiger partial charge on any atom is -0.482 e. The third-order valence-electron chi connectivity index (χ3n) is 2.16. The fourth-order valence-electron chi connectivity index (χ4n) is 1.47. The molecular formula is C10H13NO4. The molecular weight excluding hydrogens is 198 g/mol. The Hall–Kier alpha value is -1.78. The van der Waals surface area contributed by atoms with Crippen LogP contribution in [0.5, 0.6) is 5.88 Å². The lowest BCUT2D eigenvalue weighted by atomic mass is 10.1. The summed E-state index contributed by atoms with van der Waals surface area (Å²) in [4.78, 5) is 22.2. The summed E-state index contributed by atoms with van der Waals surface area (Å²) in [5.74, 6) is -1.21. The Morgan fingerprint density at radius 1 is 1.53 bits per heavy atom. The lowest BCUT2D eigenvalue weighted by molar-refractivity contribution is 0.0688. The van der Waals surface area contributed by atoms with E-state index in [1.54, 1.807) is 4.57 Å². The summed E-state index contributed by atoms with van der Waals surface area (Å²) in [5, 5.41) is 8.99. The van der Waals surface area contributed by atoms with Crippen molar-refractivity contribution in [3.8, 4) is 5.88 Å². The standard InChI is InChI=1S/C10H13NO4/c1-4-11-5-7(6(2)12)8(10(13)14)9(11)15-3/h5H,4H2,1-3H3,(H,13,14). The second-order valence-electron chi connectivity index (χ2n) is 3.07. The first-order valence-corrected chi connectivity index (χ1v) is 4.54. The predicted octanol–water partition coefficient (Wildman–Crippen LogP) is 1.42. The van der Waals surface area contributed by atoms with Gasteiger partial charge in [-0.1, -0.05) is 0 Å². The first-order chi connectivity index (χ1) is 7.02. The number of hydrogen-bond acceptors (Lipinski definition) is 3. The van der Waals surface area contributed by atoms with Gasteiger partial charge in [-0.25, -0.2) is 4.79 Å². The van der Waals surface area contributed by atoms with Crippen LogP contribution < -0.4 is 4.74 Å². The van der Waals surface area contributed by atoms with Gasteiger partial charge in [0.2, 0.25) is 5.88 Å². The number of rotatable bonds is 4. The first-order valence-electron chi connectivity index (χ1n) is 4.54. The van der Waals surface area contributed by atoms with Crippen molar-refractivity contribution in [3.05, 3.63) is 17.3 Å². The number of Topliss-reactive ketones (excluding diaryl/α,β-unsaturated/α-hetero) is 1. The molecule has 0 bridgehead atoms. The topological polar surface area (TPSA) is 68.5 Å². The number of carbonyl (C=O) groups is 2. The molecule has 1 rings (SSSR count). The molecule has 15 heavy (non-hydrogen) atoms. The zero-order valence-corrected chi connectivity index (χ0v) is 8.90. The second kappa shape index (κ2) is 4.16. The zero-order valence-electron chi connectivity index (χ0n) is 8.90. The fourth-order valence-corrected chi connectivity index (χ4v) is 1.47. The molecule has 0 spiro atoms. The van der Waals surface area contributed by atoms with Gasteiger partial charge in [0, 0.05) is 12.7 Å². The minimum absolute atomic E-state index is 0.0631. The van der Waals surface area contributed by atoms with Crippen LogP contribution in [-0.4, -0.2) is 28.5 Å². The monoisotopic (exact) mass is 211 g/mol. The highest BCUT2D eigenvalue weighted by Gasteiger charge is 2.24. The van der Waals surface area contributed by atoms with Crippen LogP contribution in [0, 0.1) is 0 Å². The molecule has 0 aliphatic carbocycles. The van der Waals surface area contributed by atoms with Crippen LogP contribution in [0.25, 0.3) is 0 Å². The summed E-state index contributed by atoms with van der Waals surface area (Å²) in [6.07, 6.45) is 1.50. The molecule has 0 saturated carbocycles. The number of methoxy groups -OCH3 is 1. The number of aromatic nitrogens is 1. The van der Waals surface area contributed by atoms with Gasteiger partial charge < -0.3 is 14.4 Å². The van der Waals surface area contributed by atoms with E-state index < -0.39 is 5.97 Å².